The van der Waals surface area contributed by atoms with Gasteiger partial charge in [-0.25, -0.2) is 4.68 Å². The average Bonchev–Trinajstić information content (AvgIpc) is 3.24. The highest BCUT2D eigenvalue weighted by Gasteiger charge is 2.09. The molecule has 124 valence electrons. The molecule has 6 heteroatoms. The van der Waals surface area contributed by atoms with Crippen LogP contribution < -0.4 is 9.54 Å². The second-order valence-corrected chi connectivity index (χ2v) is 5.75. The van der Waals surface area contributed by atoms with Gasteiger partial charge in [-0.05, 0) is 55.8 Å². The fourth-order valence-electron chi connectivity index (χ4n) is 2.19. The van der Waals surface area contributed by atoms with Gasteiger partial charge in [-0.1, -0.05) is 0 Å². The molecule has 1 aromatic carbocycles. The van der Waals surface area contributed by atoms with Gasteiger partial charge < -0.3 is 9.15 Å². The number of aromatic nitrogens is 1. The van der Waals surface area contributed by atoms with Gasteiger partial charge in [0.15, 0.2) is 5.76 Å². The first-order valence-corrected chi connectivity index (χ1v) is 8.72. The molecule has 0 atom stereocenters. The number of hydrogen-bond donors (Lipinski definition) is 0. The zero-order valence-electron chi connectivity index (χ0n) is 13.7. The van der Waals surface area contributed by atoms with E-state index < -0.39 is 0 Å². The third-order valence-corrected chi connectivity index (χ3v) is 4.12. The molecule has 3 aromatic rings. The summed E-state index contributed by atoms with van der Waals surface area (Å²) in [6.45, 7) is 5.34. The molecule has 24 heavy (non-hydrogen) atoms. The van der Waals surface area contributed by atoms with E-state index in [4.69, 9.17) is 9.15 Å². The first-order valence-electron chi connectivity index (χ1n) is 7.84. The third kappa shape index (κ3) is 3.65. The molecule has 0 saturated heterocycles. The molecular weight excluding hydrogens is 322 g/mol. The van der Waals surface area contributed by atoms with Crippen LogP contribution in [0, 0.1) is 0 Å². The summed E-state index contributed by atoms with van der Waals surface area (Å²) in [5.74, 6) is 1.63. The topological polar surface area (TPSA) is 52.0 Å². The average molecular weight is 341 g/mol. The summed E-state index contributed by atoms with van der Waals surface area (Å²) < 4.78 is 12.8. The first kappa shape index (κ1) is 16.3. The van der Waals surface area contributed by atoms with Crippen molar-refractivity contribution in [2.75, 3.05) is 13.2 Å². The molecule has 0 fully saturated rings. The first-order chi connectivity index (χ1) is 11.8. The summed E-state index contributed by atoms with van der Waals surface area (Å²) in [7, 11) is 0. The SMILES string of the molecule is CCN=c1scc(-c2ccco2)n1N=Cc1ccc(OCC)cc1. The summed E-state index contributed by atoms with van der Waals surface area (Å²) in [6.07, 6.45) is 3.47. The van der Waals surface area contributed by atoms with Gasteiger partial charge in [-0.15, -0.1) is 11.3 Å². The minimum absolute atomic E-state index is 0.659. The number of thiazole rings is 1. The molecule has 0 aliphatic rings. The Morgan fingerprint density at radius 2 is 2.04 bits per heavy atom. The fourth-order valence-corrected chi connectivity index (χ4v) is 3.07. The Hall–Kier alpha value is -2.60. The quantitative estimate of drug-likeness (QED) is 0.636. The Labute approximate surface area is 144 Å². The summed E-state index contributed by atoms with van der Waals surface area (Å²) in [5, 5.41) is 6.60. The number of rotatable bonds is 6. The number of hydrogen-bond acceptors (Lipinski definition) is 5. The van der Waals surface area contributed by atoms with E-state index in [1.54, 1.807) is 17.6 Å². The lowest BCUT2D eigenvalue weighted by atomic mass is 10.2. The smallest absolute Gasteiger partial charge is 0.206 e. The molecule has 0 saturated carbocycles. The van der Waals surface area contributed by atoms with Crippen LogP contribution in [0.3, 0.4) is 0 Å². The molecular formula is C18H19N3O2S. The molecule has 3 rings (SSSR count). The molecule has 0 radical (unpaired) electrons. The van der Waals surface area contributed by atoms with E-state index in [0.717, 1.165) is 27.6 Å². The highest BCUT2D eigenvalue weighted by atomic mass is 32.1. The minimum atomic E-state index is 0.659. The van der Waals surface area contributed by atoms with Crippen LogP contribution in [0.1, 0.15) is 19.4 Å². The van der Waals surface area contributed by atoms with E-state index in [1.165, 1.54) is 0 Å². The summed E-state index contributed by atoms with van der Waals surface area (Å²) in [5.41, 5.74) is 1.88. The van der Waals surface area contributed by atoms with Crippen LogP contribution in [0.25, 0.3) is 11.5 Å². The van der Waals surface area contributed by atoms with E-state index in [1.807, 2.05) is 66.5 Å². The van der Waals surface area contributed by atoms with Gasteiger partial charge in [0.05, 0.1) is 19.1 Å². The van der Waals surface area contributed by atoms with Crippen LogP contribution in [0.4, 0.5) is 0 Å². The van der Waals surface area contributed by atoms with E-state index in [2.05, 4.69) is 10.1 Å². The number of benzene rings is 1. The molecule has 2 heterocycles. The maximum absolute atomic E-state index is 5.50. The predicted molar refractivity (Wildman–Crippen MR) is 96.7 cm³/mol. The molecule has 0 bridgehead atoms. The van der Waals surface area contributed by atoms with Crippen molar-refractivity contribution in [3.05, 3.63) is 58.4 Å². The Morgan fingerprint density at radius 3 is 2.71 bits per heavy atom. The maximum atomic E-state index is 5.50. The maximum Gasteiger partial charge on any atom is 0.206 e. The highest BCUT2D eigenvalue weighted by molar-refractivity contribution is 7.07. The normalized spacial score (nSPS) is 12.2. The van der Waals surface area contributed by atoms with Gasteiger partial charge >= 0.3 is 0 Å². The Balaban J connectivity index is 1.93. The van der Waals surface area contributed by atoms with E-state index in [-0.39, 0.29) is 0 Å². The largest absolute Gasteiger partial charge is 0.494 e. The van der Waals surface area contributed by atoms with Crippen molar-refractivity contribution in [1.82, 2.24) is 4.68 Å². The van der Waals surface area contributed by atoms with Crippen molar-refractivity contribution in [3.63, 3.8) is 0 Å². The van der Waals surface area contributed by atoms with Gasteiger partial charge in [0.2, 0.25) is 4.80 Å². The second-order valence-electron chi connectivity index (χ2n) is 4.91. The zero-order chi connectivity index (χ0) is 16.8. The van der Waals surface area contributed by atoms with Gasteiger partial charge in [0.1, 0.15) is 11.4 Å². The number of ether oxygens (including phenoxy) is 1. The summed E-state index contributed by atoms with van der Waals surface area (Å²) >= 11 is 1.55. The van der Waals surface area contributed by atoms with Crippen molar-refractivity contribution >= 4 is 17.6 Å². The van der Waals surface area contributed by atoms with Crippen LogP contribution in [0.2, 0.25) is 0 Å². The van der Waals surface area contributed by atoms with Crippen LogP contribution in [0.15, 0.2) is 62.6 Å². The lowest BCUT2D eigenvalue weighted by molar-refractivity contribution is 0.340. The van der Waals surface area contributed by atoms with Crippen molar-refractivity contribution in [1.29, 1.82) is 0 Å². The Bertz CT molecular complexity index is 859. The lowest BCUT2D eigenvalue weighted by Crippen LogP contribution is -2.12. The zero-order valence-corrected chi connectivity index (χ0v) is 14.5. The van der Waals surface area contributed by atoms with Crippen LogP contribution >= 0.6 is 11.3 Å². The molecule has 0 aliphatic carbocycles. The molecule has 0 unspecified atom stereocenters. The van der Waals surface area contributed by atoms with E-state index in [9.17, 15) is 0 Å². The highest BCUT2D eigenvalue weighted by Crippen LogP contribution is 2.20. The predicted octanol–water partition coefficient (Wildman–Crippen LogP) is 4.01. The summed E-state index contributed by atoms with van der Waals surface area (Å²) in [6, 6.07) is 11.6. The van der Waals surface area contributed by atoms with Crippen molar-refractivity contribution < 1.29 is 9.15 Å². The standard InChI is InChI=1S/C18H19N3O2S/c1-3-19-18-21(16(13-24-18)17-6-5-11-23-17)20-12-14-7-9-15(10-8-14)22-4-2/h5-13H,3-4H2,1-2H3. The van der Waals surface area contributed by atoms with Crippen LogP contribution in [0.5, 0.6) is 5.75 Å². The van der Waals surface area contributed by atoms with Gasteiger partial charge in [0, 0.05) is 11.9 Å². The molecule has 0 spiro atoms. The molecule has 0 aliphatic heterocycles. The van der Waals surface area contributed by atoms with E-state index >= 15 is 0 Å². The number of furan rings is 1. The van der Waals surface area contributed by atoms with Crippen LogP contribution in [-0.2, 0) is 0 Å². The molecule has 0 N–H and O–H groups in total. The van der Waals surface area contributed by atoms with Gasteiger partial charge in [-0.3, -0.25) is 4.99 Å². The van der Waals surface area contributed by atoms with Crippen molar-refractivity contribution in [3.8, 4) is 17.2 Å². The fraction of sp³-hybridized carbons (Fsp3) is 0.222. The third-order valence-electron chi connectivity index (χ3n) is 3.27. The van der Waals surface area contributed by atoms with Crippen molar-refractivity contribution in [2.45, 2.75) is 13.8 Å². The second kappa shape index (κ2) is 7.79. The number of nitrogens with zero attached hydrogens (tertiary/aromatic N) is 3. The molecule has 2 aromatic heterocycles. The molecule has 0 amide bonds. The summed E-state index contributed by atoms with van der Waals surface area (Å²) in [4.78, 5) is 5.33. The minimum Gasteiger partial charge on any atom is -0.494 e. The Kier molecular flexibility index (Phi) is 5.28. The van der Waals surface area contributed by atoms with Gasteiger partial charge in [0.25, 0.3) is 0 Å². The van der Waals surface area contributed by atoms with Crippen LogP contribution in [-0.4, -0.2) is 24.0 Å². The van der Waals surface area contributed by atoms with E-state index in [0.29, 0.717) is 13.2 Å². The lowest BCUT2D eigenvalue weighted by Gasteiger charge is -2.03. The van der Waals surface area contributed by atoms with Gasteiger partial charge in [-0.2, -0.15) is 5.10 Å². The Morgan fingerprint density at radius 1 is 1.21 bits per heavy atom. The van der Waals surface area contributed by atoms with Crippen molar-refractivity contribution in [2.24, 2.45) is 10.1 Å². The molecule has 5 nitrogen and oxygen atoms in total. The monoisotopic (exact) mass is 341 g/mol.